The molecule has 0 aliphatic heterocycles. The van der Waals surface area contributed by atoms with E-state index in [1.165, 1.54) is 11.8 Å². The van der Waals surface area contributed by atoms with Gasteiger partial charge in [0.1, 0.15) is 15.1 Å². The molecule has 0 bridgehead atoms. The van der Waals surface area contributed by atoms with Crippen LogP contribution in [0.25, 0.3) is 0 Å². The van der Waals surface area contributed by atoms with Gasteiger partial charge in [-0.1, -0.05) is 13.8 Å². The summed E-state index contributed by atoms with van der Waals surface area (Å²) in [5.41, 5.74) is 0. The van der Waals surface area contributed by atoms with Crippen LogP contribution < -0.4 is 0 Å². The van der Waals surface area contributed by atoms with E-state index in [1.807, 2.05) is 13.8 Å². The van der Waals surface area contributed by atoms with Gasteiger partial charge in [0.2, 0.25) is 0 Å². The van der Waals surface area contributed by atoms with Crippen LogP contribution in [0, 0.1) is 5.92 Å². The van der Waals surface area contributed by atoms with Crippen LogP contribution in [-0.4, -0.2) is 42.5 Å². The summed E-state index contributed by atoms with van der Waals surface area (Å²) in [6, 6.07) is 0. The van der Waals surface area contributed by atoms with Gasteiger partial charge in [0, 0.05) is 12.0 Å². The minimum absolute atomic E-state index is 0.0112. The molecule has 0 saturated heterocycles. The lowest BCUT2D eigenvalue weighted by atomic mass is 10.1. The molecule has 0 aromatic heterocycles. The second kappa shape index (κ2) is 5.60. The molecule has 84 valence electrons. The zero-order valence-electron chi connectivity index (χ0n) is 8.56. The van der Waals surface area contributed by atoms with E-state index in [-0.39, 0.29) is 11.7 Å². The summed E-state index contributed by atoms with van der Waals surface area (Å²) in [5, 5.41) is 8.29. The number of carboxylic acids is 1. The van der Waals surface area contributed by atoms with Crippen molar-refractivity contribution in [3.63, 3.8) is 0 Å². The van der Waals surface area contributed by atoms with Crippen LogP contribution >= 0.6 is 11.8 Å². The molecular formula is C8H16O4S2. The number of hydrogen-bond donors (Lipinski definition) is 1. The van der Waals surface area contributed by atoms with Crippen LogP contribution in [0.5, 0.6) is 0 Å². The van der Waals surface area contributed by atoms with Crippen LogP contribution in [0.4, 0.5) is 0 Å². The fourth-order valence-corrected chi connectivity index (χ4v) is 3.25. The number of carboxylic acid groups (broad SMARTS) is 1. The predicted octanol–water partition coefficient (Wildman–Crippen LogP) is 0.873. The fraction of sp³-hybridized carbons (Fsp3) is 0.875. The van der Waals surface area contributed by atoms with Crippen molar-refractivity contribution in [1.82, 2.24) is 0 Å². The highest BCUT2D eigenvalue weighted by molar-refractivity contribution is 8.01. The summed E-state index contributed by atoms with van der Waals surface area (Å²) in [5.74, 6) is -0.488. The Labute approximate surface area is 89.0 Å². The third kappa shape index (κ3) is 6.26. The van der Waals surface area contributed by atoms with Crippen LogP contribution in [0.3, 0.4) is 0 Å². The van der Waals surface area contributed by atoms with Gasteiger partial charge >= 0.3 is 5.97 Å². The fourth-order valence-electron chi connectivity index (χ4n) is 0.875. The van der Waals surface area contributed by atoms with Crippen molar-refractivity contribution in [1.29, 1.82) is 0 Å². The lowest BCUT2D eigenvalue weighted by Crippen LogP contribution is -2.24. The lowest BCUT2D eigenvalue weighted by Gasteiger charge is -2.14. The molecular weight excluding hydrogens is 224 g/mol. The van der Waals surface area contributed by atoms with Crippen LogP contribution in [-0.2, 0) is 14.6 Å². The molecule has 1 unspecified atom stereocenters. The molecule has 0 heterocycles. The first-order valence-corrected chi connectivity index (χ1v) is 7.37. The maximum atomic E-state index is 10.8. The Kier molecular flexibility index (Phi) is 5.51. The predicted molar refractivity (Wildman–Crippen MR) is 58.4 cm³/mol. The van der Waals surface area contributed by atoms with Crippen molar-refractivity contribution in [3.05, 3.63) is 0 Å². The minimum Gasteiger partial charge on any atom is -0.480 e. The van der Waals surface area contributed by atoms with Gasteiger partial charge in [-0.05, 0) is 5.92 Å². The summed E-state index contributed by atoms with van der Waals surface area (Å²) < 4.78 is 21.6. The second-order valence-corrected chi connectivity index (χ2v) is 7.01. The quantitative estimate of drug-likeness (QED) is 0.746. The SMILES string of the molecule is CC(C)C(SCCS(C)(=O)=O)C(=O)O. The van der Waals surface area contributed by atoms with Gasteiger partial charge in [-0.25, -0.2) is 8.42 Å². The van der Waals surface area contributed by atoms with Gasteiger partial charge < -0.3 is 5.11 Å². The summed E-state index contributed by atoms with van der Waals surface area (Å²) in [6.45, 7) is 3.62. The maximum Gasteiger partial charge on any atom is 0.316 e. The summed E-state index contributed by atoms with van der Waals surface area (Å²) in [4.78, 5) is 10.7. The van der Waals surface area contributed by atoms with Crippen molar-refractivity contribution >= 4 is 27.6 Å². The second-order valence-electron chi connectivity index (χ2n) is 3.50. The minimum atomic E-state index is -2.98. The largest absolute Gasteiger partial charge is 0.480 e. The number of thioether (sulfide) groups is 1. The average Bonchev–Trinajstić information content (AvgIpc) is 1.94. The Balaban J connectivity index is 4.03. The summed E-state index contributed by atoms with van der Waals surface area (Å²) in [6.07, 6.45) is 1.15. The zero-order valence-corrected chi connectivity index (χ0v) is 10.2. The van der Waals surface area contributed by atoms with Crippen molar-refractivity contribution in [2.45, 2.75) is 19.1 Å². The molecule has 0 amide bonds. The molecule has 0 aliphatic rings. The molecule has 0 saturated carbocycles. The van der Waals surface area contributed by atoms with Crippen molar-refractivity contribution in [3.8, 4) is 0 Å². The van der Waals surface area contributed by atoms with E-state index < -0.39 is 21.1 Å². The van der Waals surface area contributed by atoms with E-state index in [0.717, 1.165) is 6.26 Å². The first-order chi connectivity index (χ1) is 6.24. The van der Waals surface area contributed by atoms with E-state index in [4.69, 9.17) is 5.11 Å². The van der Waals surface area contributed by atoms with E-state index in [9.17, 15) is 13.2 Å². The van der Waals surface area contributed by atoms with Gasteiger partial charge in [0.25, 0.3) is 0 Å². The van der Waals surface area contributed by atoms with Crippen LogP contribution in [0.2, 0.25) is 0 Å². The monoisotopic (exact) mass is 240 g/mol. The molecule has 4 nitrogen and oxygen atoms in total. The standard InChI is InChI=1S/C8H16O4S2/c1-6(2)7(8(9)10)13-4-5-14(3,11)12/h6-7H,4-5H2,1-3H3,(H,9,10). The topological polar surface area (TPSA) is 71.4 Å². The van der Waals surface area contributed by atoms with Crippen LogP contribution in [0.15, 0.2) is 0 Å². The molecule has 0 radical (unpaired) electrons. The number of sulfone groups is 1. The third-order valence-corrected chi connectivity index (χ3v) is 4.35. The number of hydrogen-bond acceptors (Lipinski definition) is 4. The van der Waals surface area contributed by atoms with Crippen molar-refractivity contribution in [2.24, 2.45) is 5.92 Å². The van der Waals surface area contributed by atoms with Gasteiger partial charge in [-0.2, -0.15) is 0 Å². The number of rotatable bonds is 6. The summed E-state index contributed by atoms with van der Waals surface area (Å²) in [7, 11) is -2.98. The molecule has 1 N–H and O–H groups in total. The third-order valence-electron chi connectivity index (χ3n) is 1.60. The maximum absolute atomic E-state index is 10.8. The Morgan fingerprint density at radius 2 is 1.93 bits per heavy atom. The normalized spacial score (nSPS) is 14.3. The van der Waals surface area contributed by atoms with Gasteiger partial charge in [0.15, 0.2) is 0 Å². The molecule has 1 atom stereocenters. The van der Waals surface area contributed by atoms with Gasteiger partial charge in [-0.15, -0.1) is 11.8 Å². The highest BCUT2D eigenvalue weighted by Crippen LogP contribution is 2.19. The molecule has 0 aromatic carbocycles. The average molecular weight is 240 g/mol. The molecule has 0 fully saturated rings. The van der Waals surface area contributed by atoms with Crippen molar-refractivity contribution in [2.75, 3.05) is 17.8 Å². The Morgan fingerprint density at radius 1 is 1.43 bits per heavy atom. The highest BCUT2D eigenvalue weighted by atomic mass is 32.2. The van der Waals surface area contributed by atoms with Crippen LogP contribution in [0.1, 0.15) is 13.8 Å². The smallest absolute Gasteiger partial charge is 0.316 e. The Bertz CT molecular complexity index is 282. The lowest BCUT2D eigenvalue weighted by molar-refractivity contribution is -0.137. The first-order valence-electron chi connectivity index (χ1n) is 4.26. The zero-order chi connectivity index (χ0) is 11.4. The van der Waals surface area contributed by atoms with E-state index in [2.05, 4.69) is 0 Å². The van der Waals surface area contributed by atoms with Gasteiger partial charge in [-0.3, -0.25) is 4.79 Å². The van der Waals surface area contributed by atoms with Crippen molar-refractivity contribution < 1.29 is 18.3 Å². The number of aliphatic carboxylic acids is 1. The molecule has 0 rings (SSSR count). The highest BCUT2D eigenvalue weighted by Gasteiger charge is 2.21. The van der Waals surface area contributed by atoms with E-state index in [1.54, 1.807) is 0 Å². The van der Waals surface area contributed by atoms with Gasteiger partial charge in [0.05, 0.1) is 5.75 Å². The molecule has 0 spiro atoms. The molecule has 6 heteroatoms. The first kappa shape index (κ1) is 13.8. The Morgan fingerprint density at radius 3 is 2.21 bits per heavy atom. The summed E-state index contributed by atoms with van der Waals surface area (Å²) >= 11 is 1.19. The molecule has 0 aliphatic carbocycles. The Hall–Kier alpha value is -0.230. The molecule has 0 aromatic rings. The van der Waals surface area contributed by atoms with E-state index in [0.29, 0.717) is 5.75 Å². The number of carbonyl (C=O) groups is 1. The molecule has 14 heavy (non-hydrogen) atoms. The van der Waals surface area contributed by atoms with E-state index >= 15 is 0 Å².